The molecule has 2 nitrogen and oxygen atoms in total. The van der Waals surface area contributed by atoms with Crippen LogP contribution < -0.4 is 0 Å². The molecule has 0 N–H and O–H groups in total. The van der Waals surface area contributed by atoms with Crippen LogP contribution in [0.25, 0.3) is 98.9 Å². The second-order valence-electron chi connectivity index (χ2n) is 13.4. The zero-order valence-electron chi connectivity index (χ0n) is 28.4. The molecule has 0 spiro atoms. The minimum atomic E-state index is 0.998. The van der Waals surface area contributed by atoms with Gasteiger partial charge in [-0.15, -0.1) is 0 Å². The molecule has 2 heteroatoms. The van der Waals surface area contributed by atoms with Crippen molar-refractivity contribution in [1.29, 1.82) is 0 Å². The van der Waals surface area contributed by atoms with E-state index in [0.29, 0.717) is 0 Å². The summed E-state index contributed by atoms with van der Waals surface area (Å²) < 4.78 is 0. The number of pyridine rings is 2. The Balaban J connectivity index is 1.28. The third kappa shape index (κ3) is 5.21. The van der Waals surface area contributed by atoms with Gasteiger partial charge in [0, 0.05) is 29.5 Å². The molecular formula is C50H32N2. The third-order valence-corrected chi connectivity index (χ3v) is 10.4. The predicted octanol–water partition coefficient (Wildman–Crippen LogP) is 13.4. The summed E-state index contributed by atoms with van der Waals surface area (Å²) >= 11 is 0. The van der Waals surface area contributed by atoms with E-state index in [4.69, 9.17) is 4.98 Å². The standard InChI is InChI=1S/C50H32N2/c1-2-9-33(10-3-1)39-28-46(37-19-17-34(18-20-37)35-23-25-51-26-24-35)44-21-22-45-47(41-27-38-12-5-7-16-50(38)52-32-41)30-40(31-49(45)48(44)29-39)43-15-8-13-36-11-4-6-14-42(36)43/h1-32H. The highest BCUT2D eigenvalue weighted by Gasteiger charge is 2.17. The van der Waals surface area contributed by atoms with Crippen molar-refractivity contribution in [1.82, 2.24) is 9.97 Å². The first-order chi connectivity index (χ1) is 25.8. The summed E-state index contributed by atoms with van der Waals surface area (Å²) in [5, 5.41) is 8.48. The summed E-state index contributed by atoms with van der Waals surface area (Å²) in [6, 6.07) is 63.9. The summed E-state index contributed by atoms with van der Waals surface area (Å²) in [5.41, 5.74) is 12.8. The van der Waals surface area contributed by atoms with Gasteiger partial charge in [0.05, 0.1) is 5.52 Å². The van der Waals surface area contributed by atoms with Crippen LogP contribution in [0.5, 0.6) is 0 Å². The van der Waals surface area contributed by atoms with Gasteiger partial charge >= 0.3 is 0 Å². The summed E-state index contributed by atoms with van der Waals surface area (Å²) in [7, 11) is 0. The lowest BCUT2D eigenvalue weighted by molar-refractivity contribution is 1.33. The van der Waals surface area contributed by atoms with E-state index >= 15 is 0 Å². The Morgan fingerprint density at radius 2 is 0.885 bits per heavy atom. The Morgan fingerprint density at radius 3 is 1.69 bits per heavy atom. The number of hydrogen-bond donors (Lipinski definition) is 0. The van der Waals surface area contributed by atoms with Crippen molar-refractivity contribution in [2.75, 3.05) is 0 Å². The van der Waals surface area contributed by atoms with Gasteiger partial charge in [0.25, 0.3) is 0 Å². The van der Waals surface area contributed by atoms with Gasteiger partial charge in [0.15, 0.2) is 0 Å². The SMILES string of the molecule is c1ccc(-c2cc(-c3ccc(-c4ccncc4)cc3)c3ccc4c(-c5cnc6ccccc6c5)cc(-c5cccc6ccccc56)cc4c3c2)cc1. The Kier molecular flexibility index (Phi) is 7.18. The van der Waals surface area contributed by atoms with Crippen LogP contribution in [0.3, 0.4) is 0 Å². The van der Waals surface area contributed by atoms with E-state index < -0.39 is 0 Å². The molecule has 0 saturated carbocycles. The largest absolute Gasteiger partial charge is 0.265 e. The zero-order valence-corrected chi connectivity index (χ0v) is 28.4. The summed E-state index contributed by atoms with van der Waals surface area (Å²) in [4.78, 5) is 9.12. The molecule has 0 amide bonds. The molecule has 0 bridgehead atoms. The topological polar surface area (TPSA) is 25.8 Å². The molecule has 0 saturated heterocycles. The van der Waals surface area contributed by atoms with E-state index in [1.807, 2.05) is 24.7 Å². The van der Waals surface area contributed by atoms with Crippen molar-refractivity contribution in [3.63, 3.8) is 0 Å². The van der Waals surface area contributed by atoms with Crippen LogP contribution in [0.2, 0.25) is 0 Å². The summed E-state index contributed by atoms with van der Waals surface area (Å²) in [6.07, 6.45) is 5.73. The van der Waals surface area contributed by atoms with Gasteiger partial charge in [-0.2, -0.15) is 0 Å². The van der Waals surface area contributed by atoms with Crippen LogP contribution >= 0.6 is 0 Å². The van der Waals surface area contributed by atoms with Crippen LogP contribution in [0.1, 0.15) is 0 Å². The zero-order chi connectivity index (χ0) is 34.4. The van der Waals surface area contributed by atoms with Crippen LogP contribution in [0.4, 0.5) is 0 Å². The van der Waals surface area contributed by atoms with Crippen molar-refractivity contribution >= 4 is 43.2 Å². The summed E-state index contributed by atoms with van der Waals surface area (Å²) in [6.45, 7) is 0. The van der Waals surface area contributed by atoms with E-state index in [0.717, 1.165) is 22.0 Å². The van der Waals surface area contributed by atoms with E-state index in [-0.39, 0.29) is 0 Å². The van der Waals surface area contributed by atoms with Crippen LogP contribution in [-0.2, 0) is 0 Å². The van der Waals surface area contributed by atoms with Crippen LogP contribution in [0, 0.1) is 0 Å². The van der Waals surface area contributed by atoms with Gasteiger partial charge in [-0.25, -0.2) is 0 Å². The predicted molar refractivity (Wildman–Crippen MR) is 219 cm³/mol. The number of hydrogen-bond acceptors (Lipinski definition) is 2. The van der Waals surface area contributed by atoms with Crippen molar-refractivity contribution in [3.8, 4) is 55.6 Å². The average molecular weight is 661 g/mol. The first kappa shape index (κ1) is 30.0. The van der Waals surface area contributed by atoms with Gasteiger partial charge in [0.2, 0.25) is 0 Å². The van der Waals surface area contributed by atoms with E-state index in [9.17, 15) is 0 Å². The number of benzene rings is 8. The highest BCUT2D eigenvalue weighted by Crippen LogP contribution is 2.43. The maximum atomic E-state index is 4.91. The minimum absolute atomic E-state index is 0.998. The van der Waals surface area contributed by atoms with Crippen molar-refractivity contribution in [3.05, 3.63) is 195 Å². The molecule has 8 aromatic carbocycles. The second-order valence-corrected chi connectivity index (χ2v) is 13.4. The lowest BCUT2D eigenvalue weighted by Gasteiger charge is -2.18. The van der Waals surface area contributed by atoms with Gasteiger partial charge in [-0.3, -0.25) is 9.97 Å². The lowest BCUT2D eigenvalue weighted by atomic mass is 9.86. The molecule has 0 unspecified atom stereocenters. The molecule has 10 rings (SSSR count). The fraction of sp³-hybridized carbons (Fsp3) is 0. The monoisotopic (exact) mass is 660 g/mol. The molecule has 0 aliphatic heterocycles. The van der Waals surface area contributed by atoms with E-state index in [1.165, 1.54) is 76.8 Å². The highest BCUT2D eigenvalue weighted by atomic mass is 14.6. The first-order valence-electron chi connectivity index (χ1n) is 17.7. The van der Waals surface area contributed by atoms with Crippen LogP contribution in [0.15, 0.2) is 195 Å². The Bertz CT molecular complexity index is 2920. The number of para-hydroxylation sites is 1. The number of nitrogens with zero attached hydrogens (tertiary/aromatic N) is 2. The Labute approximate surface area is 302 Å². The maximum Gasteiger partial charge on any atom is 0.0702 e. The quantitative estimate of drug-likeness (QED) is 0.172. The molecule has 0 fully saturated rings. The normalized spacial score (nSPS) is 11.5. The molecule has 0 radical (unpaired) electrons. The number of aromatic nitrogens is 2. The molecule has 242 valence electrons. The molecule has 52 heavy (non-hydrogen) atoms. The van der Waals surface area contributed by atoms with Gasteiger partial charge in [0.1, 0.15) is 0 Å². The van der Waals surface area contributed by atoms with Gasteiger partial charge in [-0.1, -0.05) is 127 Å². The van der Waals surface area contributed by atoms with Crippen molar-refractivity contribution in [2.24, 2.45) is 0 Å². The van der Waals surface area contributed by atoms with Gasteiger partial charge < -0.3 is 0 Å². The number of fused-ring (bicyclic) bond motifs is 5. The van der Waals surface area contributed by atoms with E-state index in [1.54, 1.807) is 0 Å². The average Bonchev–Trinajstić information content (AvgIpc) is 3.23. The fourth-order valence-electron chi connectivity index (χ4n) is 7.79. The van der Waals surface area contributed by atoms with Crippen molar-refractivity contribution < 1.29 is 0 Å². The highest BCUT2D eigenvalue weighted by molar-refractivity contribution is 6.18. The molecule has 0 aliphatic carbocycles. The second kappa shape index (κ2) is 12.5. The maximum absolute atomic E-state index is 4.91. The molecule has 2 aromatic heterocycles. The summed E-state index contributed by atoms with van der Waals surface area (Å²) in [5.74, 6) is 0. The number of rotatable bonds is 5. The van der Waals surface area contributed by atoms with Crippen molar-refractivity contribution in [2.45, 2.75) is 0 Å². The molecular weight excluding hydrogens is 629 g/mol. The smallest absolute Gasteiger partial charge is 0.0702 e. The molecule has 0 atom stereocenters. The lowest BCUT2D eigenvalue weighted by Crippen LogP contribution is -1.91. The molecule has 0 aliphatic rings. The molecule has 10 aromatic rings. The third-order valence-electron chi connectivity index (χ3n) is 10.4. The fourth-order valence-corrected chi connectivity index (χ4v) is 7.79. The Hall–Kier alpha value is -6.90. The Morgan fingerprint density at radius 1 is 0.288 bits per heavy atom. The van der Waals surface area contributed by atoms with E-state index in [2.05, 4.69) is 175 Å². The first-order valence-corrected chi connectivity index (χ1v) is 17.7. The van der Waals surface area contributed by atoms with Crippen LogP contribution in [-0.4, -0.2) is 9.97 Å². The van der Waals surface area contributed by atoms with Gasteiger partial charge in [-0.05, 0) is 131 Å². The molecule has 2 heterocycles. The minimum Gasteiger partial charge on any atom is -0.265 e.